The predicted octanol–water partition coefficient (Wildman–Crippen LogP) is 1.72. The van der Waals surface area contributed by atoms with E-state index in [2.05, 4.69) is 14.2 Å². The minimum absolute atomic E-state index is 0.870. The molecule has 0 amide bonds. The van der Waals surface area contributed by atoms with Crippen LogP contribution in [-0.4, -0.2) is 36.3 Å². The molecule has 0 atom stereocenters. The molecule has 0 aliphatic heterocycles. The Hall–Kier alpha value is -1.09. The van der Waals surface area contributed by atoms with Gasteiger partial charge in [0.1, 0.15) is 0 Å². The lowest BCUT2D eigenvalue weighted by Gasteiger charge is -1.82. The molecule has 6 nitrogen and oxygen atoms in total. The van der Waals surface area contributed by atoms with Crippen molar-refractivity contribution in [3.8, 4) is 0 Å². The van der Waals surface area contributed by atoms with Gasteiger partial charge in [-0.3, -0.25) is 8.74 Å². The van der Waals surface area contributed by atoms with Crippen molar-refractivity contribution >= 4 is 33.2 Å². The summed E-state index contributed by atoms with van der Waals surface area (Å²) in [6.45, 7) is 0. The van der Waals surface area contributed by atoms with Gasteiger partial charge in [-0.15, -0.1) is 0 Å². The molecule has 0 bridgehead atoms. The second-order valence-electron chi connectivity index (χ2n) is 2.86. The molecule has 1 heterocycles. The number of benzene rings is 1. The average molecular weight is 276 g/mol. The highest BCUT2D eigenvalue weighted by Gasteiger charge is 1.97. The number of hydrogen-bond donors (Lipinski definition) is 2. The number of nitrogens with zero attached hydrogens (tertiary/aromatic N) is 1. The summed E-state index contributed by atoms with van der Waals surface area (Å²) in [7, 11) is -3.29. The van der Waals surface area contributed by atoms with Crippen LogP contribution in [0.5, 0.6) is 0 Å². The SMILES string of the molecule is COS(=O)(=O)O.CSc1nc2ccccc2[nH]1. The van der Waals surface area contributed by atoms with Gasteiger partial charge in [0.15, 0.2) is 5.16 Å². The zero-order valence-electron chi connectivity index (χ0n) is 9.25. The van der Waals surface area contributed by atoms with Gasteiger partial charge in [-0.05, 0) is 18.4 Å². The van der Waals surface area contributed by atoms with Crippen LogP contribution in [0.15, 0.2) is 29.4 Å². The lowest BCUT2D eigenvalue weighted by Crippen LogP contribution is -1.96. The van der Waals surface area contributed by atoms with Gasteiger partial charge in [0.2, 0.25) is 0 Å². The molecular formula is C9H12N2O4S2. The van der Waals surface area contributed by atoms with Crippen molar-refractivity contribution in [2.75, 3.05) is 13.4 Å². The quantitative estimate of drug-likeness (QED) is 0.641. The molecule has 0 spiro atoms. The fourth-order valence-corrected chi connectivity index (χ4v) is 1.43. The molecule has 0 saturated carbocycles. The summed E-state index contributed by atoms with van der Waals surface area (Å²) in [5, 5.41) is 0.978. The van der Waals surface area contributed by atoms with E-state index in [1.54, 1.807) is 11.8 Å². The molecule has 2 aromatic rings. The Morgan fingerprint density at radius 2 is 2.00 bits per heavy atom. The summed E-state index contributed by atoms with van der Waals surface area (Å²) in [4.78, 5) is 7.54. The van der Waals surface area contributed by atoms with Crippen LogP contribution in [-0.2, 0) is 14.6 Å². The minimum atomic E-state index is -4.16. The van der Waals surface area contributed by atoms with Gasteiger partial charge in [0, 0.05) is 0 Å². The number of nitrogens with one attached hydrogen (secondary N) is 1. The average Bonchev–Trinajstić information content (AvgIpc) is 2.71. The first-order valence-electron chi connectivity index (χ1n) is 4.48. The van der Waals surface area contributed by atoms with Crippen molar-refractivity contribution in [1.82, 2.24) is 9.97 Å². The van der Waals surface area contributed by atoms with Gasteiger partial charge < -0.3 is 4.98 Å². The lowest BCUT2D eigenvalue weighted by molar-refractivity contribution is 0.324. The Morgan fingerprint density at radius 3 is 2.47 bits per heavy atom. The second-order valence-corrected chi connectivity index (χ2v) is 4.84. The fourth-order valence-electron chi connectivity index (χ4n) is 1.03. The molecule has 0 aliphatic carbocycles. The van der Waals surface area contributed by atoms with Crippen LogP contribution in [0.2, 0.25) is 0 Å². The largest absolute Gasteiger partial charge is 0.397 e. The first-order chi connectivity index (χ1) is 7.96. The van der Waals surface area contributed by atoms with Crippen molar-refractivity contribution in [1.29, 1.82) is 0 Å². The van der Waals surface area contributed by atoms with Crippen LogP contribution in [0, 0.1) is 0 Å². The molecule has 17 heavy (non-hydrogen) atoms. The molecule has 0 radical (unpaired) electrons. The Balaban J connectivity index is 0.000000209. The van der Waals surface area contributed by atoms with Crippen LogP contribution in [0.1, 0.15) is 0 Å². The molecule has 8 heteroatoms. The van der Waals surface area contributed by atoms with Crippen molar-refractivity contribution in [2.24, 2.45) is 0 Å². The topological polar surface area (TPSA) is 92.3 Å². The lowest BCUT2D eigenvalue weighted by atomic mass is 10.3. The third-order valence-corrected chi connectivity index (χ3v) is 2.77. The van der Waals surface area contributed by atoms with Gasteiger partial charge >= 0.3 is 10.4 Å². The molecular weight excluding hydrogens is 264 g/mol. The zero-order chi connectivity index (χ0) is 12.9. The molecule has 1 aromatic heterocycles. The van der Waals surface area contributed by atoms with Gasteiger partial charge in [-0.2, -0.15) is 8.42 Å². The number of hydrogen-bond acceptors (Lipinski definition) is 5. The Labute approximate surface area is 103 Å². The van der Waals surface area contributed by atoms with Gasteiger partial charge in [-0.1, -0.05) is 23.9 Å². The molecule has 1 aromatic carbocycles. The summed E-state index contributed by atoms with van der Waals surface area (Å²) < 4.78 is 29.7. The molecule has 0 unspecified atom stereocenters. The normalized spacial score (nSPS) is 11.0. The fraction of sp³-hybridized carbons (Fsp3) is 0.222. The summed E-state index contributed by atoms with van der Waals surface area (Å²) in [5.41, 5.74) is 2.15. The molecule has 0 aliphatic rings. The van der Waals surface area contributed by atoms with Crippen LogP contribution < -0.4 is 0 Å². The van der Waals surface area contributed by atoms with Crippen molar-refractivity contribution in [3.05, 3.63) is 24.3 Å². The zero-order valence-corrected chi connectivity index (χ0v) is 10.9. The molecule has 94 valence electrons. The van der Waals surface area contributed by atoms with E-state index in [4.69, 9.17) is 4.55 Å². The number of aromatic amines is 1. The summed E-state index contributed by atoms with van der Waals surface area (Å²) in [5.74, 6) is 0. The molecule has 0 saturated heterocycles. The third kappa shape index (κ3) is 4.73. The first kappa shape index (κ1) is 14.0. The monoisotopic (exact) mass is 276 g/mol. The van der Waals surface area contributed by atoms with Gasteiger partial charge in [-0.25, -0.2) is 4.98 Å². The summed E-state index contributed by atoms with van der Waals surface area (Å²) in [6, 6.07) is 8.03. The van der Waals surface area contributed by atoms with Crippen LogP contribution in [0.4, 0.5) is 0 Å². The van der Waals surface area contributed by atoms with Crippen LogP contribution in [0.25, 0.3) is 11.0 Å². The number of thioether (sulfide) groups is 1. The molecule has 0 fully saturated rings. The highest BCUT2D eigenvalue weighted by molar-refractivity contribution is 7.98. The van der Waals surface area contributed by atoms with Crippen LogP contribution >= 0.6 is 11.8 Å². The Bertz CT molecular complexity index is 546. The van der Waals surface area contributed by atoms with E-state index < -0.39 is 10.4 Å². The first-order valence-corrected chi connectivity index (χ1v) is 7.07. The standard InChI is InChI=1S/C8H8N2S.CH4O4S/c1-11-8-9-6-4-2-3-5-7(6)10-8;1-5-6(2,3)4/h2-5H,1H3,(H,9,10);1H3,(H,2,3,4). The van der Waals surface area contributed by atoms with Gasteiger partial charge in [0.25, 0.3) is 0 Å². The highest BCUT2D eigenvalue weighted by atomic mass is 32.3. The maximum absolute atomic E-state index is 9.33. The number of fused-ring (bicyclic) bond motifs is 1. The van der Waals surface area contributed by atoms with E-state index in [1.165, 1.54) is 0 Å². The Kier molecular flexibility index (Phi) is 4.94. The molecule has 2 rings (SSSR count). The van der Waals surface area contributed by atoms with Crippen molar-refractivity contribution in [2.45, 2.75) is 5.16 Å². The third-order valence-electron chi connectivity index (χ3n) is 1.77. The van der Waals surface area contributed by atoms with Crippen molar-refractivity contribution in [3.63, 3.8) is 0 Å². The van der Waals surface area contributed by atoms with E-state index >= 15 is 0 Å². The smallest absolute Gasteiger partial charge is 0.333 e. The second kappa shape index (κ2) is 6.01. The van der Waals surface area contributed by atoms with Gasteiger partial charge in [0.05, 0.1) is 18.1 Å². The number of aromatic nitrogens is 2. The predicted molar refractivity (Wildman–Crippen MR) is 66.4 cm³/mol. The summed E-state index contributed by atoms with van der Waals surface area (Å²) >= 11 is 1.63. The highest BCUT2D eigenvalue weighted by Crippen LogP contribution is 2.15. The molecule has 2 N–H and O–H groups in total. The Morgan fingerprint density at radius 1 is 1.41 bits per heavy atom. The van der Waals surface area contributed by atoms with E-state index in [0.717, 1.165) is 23.3 Å². The number of H-pyrrole nitrogens is 1. The number of imidazole rings is 1. The summed E-state index contributed by atoms with van der Waals surface area (Å²) in [6.07, 6.45) is 2.01. The van der Waals surface area contributed by atoms with E-state index in [0.29, 0.717) is 0 Å². The van der Waals surface area contributed by atoms with E-state index in [1.807, 2.05) is 30.5 Å². The number of rotatable bonds is 2. The van der Waals surface area contributed by atoms with E-state index in [-0.39, 0.29) is 0 Å². The van der Waals surface area contributed by atoms with Crippen molar-refractivity contribution < 1.29 is 17.2 Å². The van der Waals surface area contributed by atoms with E-state index in [9.17, 15) is 8.42 Å². The maximum Gasteiger partial charge on any atom is 0.397 e. The maximum atomic E-state index is 9.33. The minimum Gasteiger partial charge on any atom is -0.333 e. The van der Waals surface area contributed by atoms with Crippen LogP contribution in [0.3, 0.4) is 0 Å². The number of para-hydroxylation sites is 2.